The molecule has 0 aliphatic heterocycles. The zero-order valence-electron chi connectivity index (χ0n) is 10.1. The van der Waals surface area contributed by atoms with Crippen molar-refractivity contribution < 1.29 is 14.3 Å². The van der Waals surface area contributed by atoms with E-state index in [1.165, 1.54) is 7.11 Å². The molecule has 0 bridgehead atoms. The predicted molar refractivity (Wildman–Crippen MR) is 65.0 cm³/mol. The third-order valence-corrected chi connectivity index (χ3v) is 3.17. The number of benzene rings is 1. The van der Waals surface area contributed by atoms with Crippen LogP contribution in [0.3, 0.4) is 0 Å². The maximum atomic E-state index is 11.6. The fourth-order valence-electron chi connectivity index (χ4n) is 2.22. The lowest BCUT2D eigenvalue weighted by Crippen LogP contribution is -2.19. The number of hydrogen-bond acceptors (Lipinski definition) is 3. The van der Waals surface area contributed by atoms with E-state index in [1.807, 2.05) is 30.3 Å². The molecule has 17 heavy (non-hydrogen) atoms. The molecule has 2 rings (SSSR count). The van der Waals surface area contributed by atoms with Crippen LogP contribution in [0.15, 0.2) is 36.4 Å². The summed E-state index contributed by atoms with van der Waals surface area (Å²) in [6.45, 7) is 0. The van der Waals surface area contributed by atoms with Gasteiger partial charge in [0.1, 0.15) is 5.75 Å². The Bertz CT molecular complexity index is 420. The lowest BCUT2D eigenvalue weighted by Gasteiger charge is -2.17. The average molecular weight is 232 g/mol. The average Bonchev–Trinajstić information content (AvgIpc) is 2.87. The normalized spacial score (nSPS) is 22.5. The van der Waals surface area contributed by atoms with E-state index in [1.54, 1.807) is 7.11 Å². The van der Waals surface area contributed by atoms with Crippen LogP contribution in [-0.2, 0) is 9.53 Å². The molecule has 0 N–H and O–H groups in total. The zero-order chi connectivity index (χ0) is 12.3. The van der Waals surface area contributed by atoms with Gasteiger partial charge in [0.25, 0.3) is 0 Å². The minimum atomic E-state index is -0.143. The number of carbonyl (C=O) groups excluding carboxylic acids is 1. The fraction of sp³-hybridized carbons (Fsp3) is 0.357. The van der Waals surface area contributed by atoms with Gasteiger partial charge >= 0.3 is 5.97 Å². The Kier molecular flexibility index (Phi) is 3.47. The Morgan fingerprint density at radius 1 is 1.24 bits per heavy atom. The number of hydrogen-bond donors (Lipinski definition) is 0. The van der Waals surface area contributed by atoms with Crippen LogP contribution in [0.5, 0.6) is 5.75 Å². The summed E-state index contributed by atoms with van der Waals surface area (Å²) in [4.78, 5) is 11.6. The molecule has 0 spiro atoms. The smallest absolute Gasteiger partial charge is 0.309 e. The molecule has 0 radical (unpaired) electrons. The van der Waals surface area contributed by atoms with Crippen LogP contribution >= 0.6 is 0 Å². The Hall–Kier alpha value is -1.77. The molecule has 1 aromatic carbocycles. The van der Waals surface area contributed by atoms with Crippen molar-refractivity contribution in [3.05, 3.63) is 42.0 Å². The van der Waals surface area contributed by atoms with Crippen molar-refractivity contribution >= 4 is 5.97 Å². The summed E-state index contributed by atoms with van der Waals surface area (Å²) in [7, 11) is 3.08. The highest BCUT2D eigenvalue weighted by atomic mass is 16.5. The maximum Gasteiger partial charge on any atom is 0.309 e. The summed E-state index contributed by atoms with van der Waals surface area (Å²) in [6, 6.07) is 7.82. The summed E-state index contributed by atoms with van der Waals surface area (Å²) in [5.74, 6) is 0.711. The van der Waals surface area contributed by atoms with Gasteiger partial charge < -0.3 is 9.47 Å². The van der Waals surface area contributed by atoms with Crippen molar-refractivity contribution in [2.45, 2.75) is 12.3 Å². The zero-order valence-corrected chi connectivity index (χ0v) is 10.1. The predicted octanol–water partition coefficient (Wildman–Crippen LogP) is 2.53. The van der Waals surface area contributed by atoms with E-state index in [-0.39, 0.29) is 17.8 Å². The first-order chi connectivity index (χ1) is 8.26. The van der Waals surface area contributed by atoms with Gasteiger partial charge in [0, 0.05) is 5.92 Å². The Balaban J connectivity index is 2.19. The van der Waals surface area contributed by atoms with Crippen molar-refractivity contribution in [1.82, 2.24) is 0 Å². The highest BCUT2D eigenvalue weighted by molar-refractivity contribution is 5.75. The molecule has 1 aromatic rings. The minimum absolute atomic E-state index is 0.0894. The Morgan fingerprint density at radius 3 is 2.53 bits per heavy atom. The van der Waals surface area contributed by atoms with Gasteiger partial charge in [0.2, 0.25) is 0 Å². The first-order valence-corrected chi connectivity index (χ1v) is 5.64. The van der Waals surface area contributed by atoms with Crippen LogP contribution in [-0.4, -0.2) is 20.2 Å². The van der Waals surface area contributed by atoms with Crippen LogP contribution in [0.25, 0.3) is 0 Å². The quantitative estimate of drug-likeness (QED) is 0.593. The Labute approximate surface area is 101 Å². The lowest BCUT2D eigenvalue weighted by atomic mass is 9.89. The SMILES string of the molecule is COC(=O)C1CC=CC1c1ccc(OC)cc1. The number of methoxy groups -OCH3 is 2. The molecular weight excluding hydrogens is 216 g/mol. The van der Waals surface area contributed by atoms with Crippen molar-refractivity contribution in [3.8, 4) is 5.75 Å². The summed E-state index contributed by atoms with van der Waals surface area (Å²) in [6.07, 6.45) is 4.86. The van der Waals surface area contributed by atoms with E-state index in [4.69, 9.17) is 9.47 Å². The van der Waals surface area contributed by atoms with E-state index >= 15 is 0 Å². The second-order valence-corrected chi connectivity index (χ2v) is 4.09. The van der Waals surface area contributed by atoms with Crippen molar-refractivity contribution in [3.63, 3.8) is 0 Å². The van der Waals surface area contributed by atoms with Crippen LogP contribution in [0, 0.1) is 5.92 Å². The van der Waals surface area contributed by atoms with Crippen molar-refractivity contribution in [2.75, 3.05) is 14.2 Å². The van der Waals surface area contributed by atoms with Gasteiger partial charge in [-0.2, -0.15) is 0 Å². The molecule has 0 fully saturated rings. The van der Waals surface area contributed by atoms with E-state index in [0.29, 0.717) is 0 Å². The van der Waals surface area contributed by atoms with Crippen LogP contribution < -0.4 is 4.74 Å². The minimum Gasteiger partial charge on any atom is -0.497 e. The van der Waals surface area contributed by atoms with Crippen LogP contribution in [0.1, 0.15) is 17.9 Å². The van der Waals surface area contributed by atoms with Gasteiger partial charge in [-0.25, -0.2) is 0 Å². The molecule has 90 valence electrons. The fourth-order valence-corrected chi connectivity index (χ4v) is 2.22. The molecule has 2 atom stereocenters. The molecule has 3 heteroatoms. The van der Waals surface area contributed by atoms with E-state index < -0.39 is 0 Å². The summed E-state index contributed by atoms with van der Waals surface area (Å²) >= 11 is 0. The molecule has 1 aliphatic rings. The molecule has 0 saturated carbocycles. The highest BCUT2D eigenvalue weighted by Gasteiger charge is 2.31. The first-order valence-electron chi connectivity index (χ1n) is 5.64. The van der Waals surface area contributed by atoms with Gasteiger partial charge in [0.15, 0.2) is 0 Å². The second-order valence-electron chi connectivity index (χ2n) is 4.09. The van der Waals surface area contributed by atoms with Gasteiger partial charge in [-0.15, -0.1) is 0 Å². The summed E-state index contributed by atoms with van der Waals surface area (Å²) in [5.41, 5.74) is 1.12. The molecule has 0 saturated heterocycles. The summed E-state index contributed by atoms with van der Waals surface area (Å²) in [5, 5.41) is 0. The lowest BCUT2D eigenvalue weighted by molar-refractivity contribution is -0.145. The van der Waals surface area contributed by atoms with Gasteiger partial charge in [-0.3, -0.25) is 4.79 Å². The topological polar surface area (TPSA) is 35.5 Å². The van der Waals surface area contributed by atoms with E-state index in [9.17, 15) is 4.79 Å². The number of allylic oxidation sites excluding steroid dienone is 2. The number of carbonyl (C=O) groups is 1. The number of ether oxygens (including phenoxy) is 2. The number of rotatable bonds is 3. The molecular formula is C14H16O3. The molecule has 0 heterocycles. The van der Waals surface area contributed by atoms with Crippen LogP contribution in [0.2, 0.25) is 0 Å². The Morgan fingerprint density at radius 2 is 1.94 bits per heavy atom. The maximum absolute atomic E-state index is 11.6. The monoisotopic (exact) mass is 232 g/mol. The summed E-state index contributed by atoms with van der Waals surface area (Å²) < 4.78 is 9.94. The first kappa shape index (κ1) is 11.7. The van der Waals surface area contributed by atoms with E-state index in [0.717, 1.165) is 17.7 Å². The van der Waals surface area contributed by atoms with Gasteiger partial charge in [0.05, 0.1) is 20.1 Å². The second kappa shape index (κ2) is 5.04. The molecule has 3 nitrogen and oxygen atoms in total. The van der Waals surface area contributed by atoms with Gasteiger partial charge in [-0.1, -0.05) is 24.3 Å². The highest BCUT2D eigenvalue weighted by Crippen LogP contribution is 2.35. The van der Waals surface area contributed by atoms with Gasteiger partial charge in [-0.05, 0) is 24.1 Å². The van der Waals surface area contributed by atoms with Crippen molar-refractivity contribution in [1.29, 1.82) is 0 Å². The third kappa shape index (κ3) is 2.33. The standard InChI is InChI=1S/C14H16O3/c1-16-11-8-6-10(7-9-11)12-4-3-5-13(12)14(15)17-2/h3-4,6-9,12-13H,5H2,1-2H3. The number of esters is 1. The largest absolute Gasteiger partial charge is 0.497 e. The molecule has 0 aromatic heterocycles. The molecule has 1 aliphatic carbocycles. The van der Waals surface area contributed by atoms with Crippen LogP contribution in [0.4, 0.5) is 0 Å². The van der Waals surface area contributed by atoms with Crippen molar-refractivity contribution in [2.24, 2.45) is 5.92 Å². The third-order valence-electron chi connectivity index (χ3n) is 3.17. The molecule has 2 unspecified atom stereocenters. The molecule has 0 amide bonds. The van der Waals surface area contributed by atoms with E-state index in [2.05, 4.69) is 6.08 Å².